The summed E-state index contributed by atoms with van der Waals surface area (Å²) in [5.41, 5.74) is 1.49. The predicted octanol–water partition coefficient (Wildman–Crippen LogP) is 2.15. The second kappa shape index (κ2) is 6.34. The summed E-state index contributed by atoms with van der Waals surface area (Å²) in [5, 5.41) is 10.1. The molecule has 0 aliphatic rings. The van der Waals surface area contributed by atoms with Gasteiger partial charge in [-0.2, -0.15) is 0 Å². The highest BCUT2D eigenvalue weighted by Crippen LogP contribution is 2.18. The lowest BCUT2D eigenvalue weighted by molar-refractivity contribution is 0.181. The standard InChI is InChI=1S/C15H16FNO3S/c1-11-6-2-3-7-12(11)14(18)10-17-21(19,20)15-9-5-4-8-13(15)16/h2-9,14,17-18H,10H2,1H3/t14-/m0/s1. The predicted molar refractivity (Wildman–Crippen MR) is 77.7 cm³/mol. The van der Waals surface area contributed by atoms with E-state index in [4.69, 9.17) is 0 Å². The van der Waals surface area contributed by atoms with Gasteiger partial charge in [0.1, 0.15) is 10.7 Å². The zero-order valence-electron chi connectivity index (χ0n) is 11.5. The first kappa shape index (κ1) is 15.6. The van der Waals surface area contributed by atoms with E-state index in [2.05, 4.69) is 4.72 Å². The van der Waals surface area contributed by atoms with Crippen LogP contribution in [0.3, 0.4) is 0 Å². The van der Waals surface area contributed by atoms with Crippen molar-refractivity contribution < 1.29 is 17.9 Å². The van der Waals surface area contributed by atoms with Crippen LogP contribution in [0, 0.1) is 12.7 Å². The maximum Gasteiger partial charge on any atom is 0.243 e. The summed E-state index contributed by atoms with van der Waals surface area (Å²) in [6.07, 6.45) is -0.993. The quantitative estimate of drug-likeness (QED) is 0.889. The van der Waals surface area contributed by atoms with Crippen LogP contribution in [0.1, 0.15) is 17.2 Å². The van der Waals surface area contributed by atoms with Gasteiger partial charge in [-0.15, -0.1) is 0 Å². The van der Waals surface area contributed by atoms with E-state index in [0.717, 1.165) is 11.6 Å². The topological polar surface area (TPSA) is 66.4 Å². The van der Waals surface area contributed by atoms with Crippen molar-refractivity contribution in [2.75, 3.05) is 6.54 Å². The first-order valence-electron chi connectivity index (χ1n) is 6.39. The van der Waals surface area contributed by atoms with Gasteiger partial charge in [0, 0.05) is 6.54 Å². The van der Waals surface area contributed by atoms with Crippen LogP contribution in [0.25, 0.3) is 0 Å². The van der Waals surface area contributed by atoms with Gasteiger partial charge in [0.15, 0.2) is 0 Å². The SMILES string of the molecule is Cc1ccccc1[C@@H](O)CNS(=O)(=O)c1ccccc1F. The minimum Gasteiger partial charge on any atom is -0.387 e. The summed E-state index contributed by atoms with van der Waals surface area (Å²) < 4.78 is 39.8. The number of aliphatic hydroxyl groups excluding tert-OH is 1. The van der Waals surface area contributed by atoms with Crippen molar-refractivity contribution in [3.05, 3.63) is 65.5 Å². The van der Waals surface area contributed by atoms with Crippen LogP contribution >= 0.6 is 0 Å². The van der Waals surface area contributed by atoms with Gasteiger partial charge in [-0.3, -0.25) is 0 Å². The fourth-order valence-electron chi connectivity index (χ4n) is 2.00. The Hall–Kier alpha value is -1.76. The molecule has 0 amide bonds. The summed E-state index contributed by atoms with van der Waals surface area (Å²) in [6.45, 7) is 1.60. The fourth-order valence-corrected chi connectivity index (χ4v) is 3.11. The third-order valence-electron chi connectivity index (χ3n) is 3.14. The van der Waals surface area contributed by atoms with Crippen LogP contribution < -0.4 is 4.72 Å². The average Bonchev–Trinajstić information content (AvgIpc) is 2.45. The molecule has 0 aliphatic carbocycles. The van der Waals surface area contributed by atoms with Crippen LogP contribution in [0.5, 0.6) is 0 Å². The van der Waals surface area contributed by atoms with Gasteiger partial charge in [-0.1, -0.05) is 36.4 Å². The van der Waals surface area contributed by atoms with Gasteiger partial charge in [-0.05, 0) is 30.2 Å². The zero-order valence-corrected chi connectivity index (χ0v) is 12.3. The molecule has 2 aromatic rings. The first-order valence-corrected chi connectivity index (χ1v) is 7.88. The van der Waals surface area contributed by atoms with Crippen LogP contribution in [0.4, 0.5) is 4.39 Å². The van der Waals surface area contributed by atoms with E-state index in [-0.39, 0.29) is 6.54 Å². The second-order valence-electron chi connectivity index (χ2n) is 4.65. The molecule has 0 spiro atoms. The number of hydrogen-bond acceptors (Lipinski definition) is 3. The number of aliphatic hydroxyl groups is 1. The lowest BCUT2D eigenvalue weighted by Crippen LogP contribution is -2.29. The van der Waals surface area contributed by atoms with E-state index >= 15 is 0 Å². The molecule has 21 heavy (non-hydrogen) atoms. The normalized spacial score (nSPS) is 13.1. The highest BCUT2D eigenvalue weighted by atomic mass is 32.2. The minimum absolute atomic E-state index is 0.221. The van der Waals surface area contributed by atoms with Gasteiger partial charge in [0.2, 0.25) is 10.0 Å². The van der Waals surface area contributed by atoms with Gasteiger partial charge >= 0.3 is 0 Å². The number of aryl methyl sites for hydroxylation is 1. The van der Waals surface area contributed by atoms with Gasteiger partial charge in [-0.25, -0.2) is 17.5 Å². The first-order chi connectivity index (χ1) is 9.92. The molecule has 112 valence electrons. The minimum atomic E-state index is -3.99. The Morgan fingerprint density at radius 3 is 2.43 bits per heavy atom. The Kier molecular flexibility index (Phi) is 4.72. The van der Waals surface area contributed by atoms with Crippen LogP contribution in [-0.4, -0.2) is 20.1 Å². The summed E-state index contributed by atoms with van der Waals surface area (Å²) >= 11 is 0. The average molecular weight is 309 g/mol. The summed E-state index contributed by atoms with van der Waals surface area (Å²) in [7, 11) is -3.99. The lowest BCUT2D eigenvalue weighted by Gasteiger charge is -2.15. The maximum atomic E-state index is 13.5. The molecule has 6 heteroatoms. The number of hydrogen-bond donors (Lipinski definition) is 2. The van der Waals surface area contributed by atoms with Crippen molar-refractivity contribution in [3.63, 3.8) is 0 Å². The summed E-state index contributed by atoms with van der Waals surface area (Å²) in [5.74, 6) is -0.824. The van der Waals surface area contributed by atoms with Crippen molar-refractivity contribution in [1.82, 2.24) is 4.72 Å². The van der Waals surface area contributed by atoms with E-state index in [1.807, 2.05) is 19.1 Å². The summed E-state index contributed by atoms with van der Waals surface area (Å²) in [6, 6.07) is 12.2. The maximum absolute atomic E-state index is 13.5. The molecule has 0 saturated heterocycles. The van der Waals surface area contributed by atoms with E-state index in [1.54, 1.807) is 12.1 Å². The Balaban J connectivity index is 2.13. The molecule has 0 aliphatic heterocycles. The lowest BCUT2D eigenvalue weighted by atomic mass is 10.0. The number of sulfonamides is 1. The van der Waals surface area contributed by atoms with Crippen molar-refractivity contribution in [2.45, 2.75) is 17.9 Å². The number of nitrogens with one attached hydrogen (secondary N) is 1. The number of benzene rings is 2. The Morgan fingerprint density at radius 1 is 1.14 bits per heavy atom. The molecule has 0 bridgehead atoms. The van der Waals surface area contributed by atoms with E-state index in [1.165, 1.54) is 18.2 Å². The molecule has 0 saturated carbocycles. The Labute approximate surface area is 123 Å². The highest BCUT2D eigenvalue weighted by molar-refractivity contribution is 7.89. The monoisotopic (exact) mass is 309 g/mol. The molecule has 0 heterocycles. The van der Waals surface area contributed by atoms with Crippen LogP contribution in [0.2, 0.25) is 0 Å². The van der Waals surface area contributed by atoms with Crippen LogP contribution in [0.15, 0.2) is 53.4 Å². The van der Waals surface area contributed by atoms with E-state index in [0.29, 0.717) is 5.56 Å². The zero-order chi connectivity index (χ0) is 15.5. The van der Waals surface area contributed by atoms with Gasteiger partial charge in [0.05, 0.1) is 6.10 Å². The largest absolute Gasteiger partial charge is 0.387 e. The van der Waals surface area contributed by atoms with Crippen molar-refractivity contribution in [1.29, 1.82) is 0 Å². The summed E-state index contributed by atoms with van der Waals surface area (Å²) in [4.78, 5) is -0.429. The van der Waals surface area contributed by atoms with E-state index < -0.39 is 26.8 Å². The molecule has 2 N–H and O–H groups in total. The molecular weight excluding hydrogens is 293 g/mol. The Bertz CT molecular complexity index is 731. The Morgan fingerprint density at radius 2 is 1.76 bits per heavy atom. The van der Waals surface area contributed by atoms with Crippen molar-refractivity contribution in [2.24, 2.45) is 0 Å². The third-order valence-corrected chi connectivity index (χ3v) is 4.60. The number of rotatable bonds is 5. The third kappa shape index (κ3) is 3.66. The van der Waals surface area contributed by atoms with Crippen molar-refractivity contribution >= 4 is 10.0 Å². The molecular formula is C15H16FNO3S. The van der Waals surface area contributed by atoms with Crippen LogP contribution in [-0.2, 0) is 10.0 Å². The molecule has 2 rings (SSSR count). The highest BCUT2D eigenvalue weighted by Gasteiger charge is 2.20. The molecule has 4 nitrogen and oxygen atoms in total. The number of halogens is 1. The smallest absolute Gasteiger partial charge is 0.243 e. The molecule has 2 aromatic carbocycles. The van der Waals surface area contributed by atoms with Gasteiger partial charge < -0.3 is 5.11 Å². The van der Waals surface area contributed by atoms with E-state index in [9.17, 15) is 17.9 Å². The molecule has 0 fully saturated rings. The fraction of sp³-hybridized carbons (Fsp3) is 0.200. The second-order valence-corrected chi connectivity index (χ2v) is 6.39. The molecule has 0 unspecified atom stereocenters. The van der Waals surface area contributed by atoms with Gasteiger partial charge in [0.25, 0.3) is 0 Å². The van der Waals surface area contributed by atoms with Crippen molar-refractivity contribution in [3.8, 4) is 0 Å². The molecule has 0 radical (unpaired) electrons. The molecule has 1 atom stereocenters. The molecule has 0 aromatic heterocycles.